The van der Waals surface area contributed by atoms with Crippen molar-refractivity contribution in [3.8, 4) is 22.6 Å². The summed E-state index contributed by atoms with van der Waals surface area (Å²) in [6, 6.07) is 25.4. The van der Waals surface area contributed by atoms with Crippen LogP contribution in [0.15, 0.2) is 89.8 Å². The molecule has 4 unspecified atom stereocenters. The second-order valence-electron chi connectivity index (χ2n) is 17.6. The molecular weight excluding hydrogens is 762 g/mol. The van der Waals surface area contributed by atoms with E-state index in [-0.39, 0.29) is 59.3 Å². The van der Waals surface area contributed by atoms with E-state index in [9.17, 15) is 18.0 Å². The van der Waals surface area contributed by atoms with Crippen molar-refractivity contribution in [3.05, 3.63) is 90.0 Å². The molecule has 3 saturated carbocycles. The lowest BCUT2D eigenvalue weighted by Gasteiger charge is -2.40. The van der Waals surface area contributed by atoms with Crippen molar-refractivity contribution < 1.29 is 32.2 Å². The van der Waals surface area contributed by atoms with Crippen molar-refractivity contribution in [2.45, 2.75) is 101 Å². The van der Waals surface area contributed by atoms with Gasteiger partial charge in [-0.2, -0.15) is 4.31 Å². The minimum Gasteiger partial charge on any atom is -0.490 e. The van der Waals surface area contributed by atoms with Crippen LogP contribution in [0.25, 0.3) is 21.9 Å². The van der Waals surface area contributed by atoms with Gasteiger partial charge in [0.25, 0.3) is 0 Å². The molecule has 12 heteroatoms. The SMILES string of the molecule is CC(C)(C)OC(=O)NC1C2CN(C(=O)[C@@H]3C[C@@H](Oc4ccc(-c5ccc(Cl)cc5)cc4)CCN3S(=O)(=O)c3ccc4cc(OC5CCCC5)ccc4c3)CC3CC321. The third kappa shape index (κ3) is 7.58. The van der Waals surface area contributed by atoms with Gasteiger partial charge in [-0.05, 0) is 136 Å². The smallest absolute Gasteiger partial charge is 0.407 e. The number of amides is 2. The van der Waals surface area contributed by atoms with Gasteiger partial charge < -0.3 is 24.4 Å². The fourth-order valence-electron chi connectivity index (χ4n) is 9.75. The van der Waals surface area contributed by atoms with Gasteiger partial charge in [-0.15, -0.1) is 0 Å². The molecule has 6 atom stereocenters. The lowest BCUT2D eigenvalue weighted by Crippen LogP contribution is -2.57. The zero-order valence-corrected chi connectivity index (χ0v) is 34.2. The van der Waals surface area contributed by atoms with Crippen LogP contribution in [-0.2, 0) is 19.6 Å². The predicted molar refractivity (Wildman–Crippen MR) is 219 cm³/mol. The number of fused-ring (bicyclic) bond motifs is 1. The van der Waals surface area contributed by atoms with Crippen LogP contribution in [-0.4, -0.2) is 79.2 Å². The van der Waals surface area contributed by atoms with E-state index in [1.807, 2.05) is 98.5 Å². The maximum absolute atomic E-state index is 14.7. The molecule has 2 amide bonds. The average Bonchev–Trinajstić information content (AvgIpc) is 3.97. The number of hydrogen-bond donors (Lipinski definition) is 1. The molecule has 0 bridgehead atoms. The lowest BCUT2D eigenvalue weighted by molar-refractivity contribution is -0.138. The maximum Gasteiger partial charge on any atom is 0.407 e. The Morgan fingerprint density at radius 3 is 2.18 bits per heavy atom. The van der Waals surface area contributed by atoms with Crippen LogP contribution >= 0.6 is 11.6 Å². The molecule has 9 rings (SSSR count). The summed E-state index contributed by atoms with van der Waals surface area (Å²) in [5, 5.41) is 5.43. The highest BCUT2D eigenvalue weighted by molar-refractivity contribution is 7.89. The Morgan fingerprint density at radius 2 is 1.46 bits per heavy atom. The van der Waals surface area contributed by atoms with Crippen molar-refractivity contribution >= 4 is 44.4 Å². The van der Waals surface area contributed by atoms with Crippen LogP contribution < -0.4 is 14.8 Å². The Morgan fingerprint density at radius 1 is 0.807 bits per heavy atom. The first-order valence-electron chi connectivity index (χ1n) is 20.3. The van der Waals surface area contributed by atoms with E-state index in [1.54, 1.807) is 12.1 Å². The van der Waals surface area contributed by atoms with E-state index in [1.165, 1.54) is 17.1 Å². The lowest BCUT2D eigenvalue weighted by atomic mass is 9.99. The molecule has 5 aliphatic rings. The predicted octanol–water partition coefficient (Wildman–Crippen LogP) is 8.45. The zero-order valence-electron chi connectivity index (χ0n) is 32.7. The number of likely N-dealkylation sites (tertiary alicyclic amines) is 1. The van der Waals surface area contributed by atoms with Gasteiger partial charge in [0.2, 0.25) is 15.9 Å². The van der Waals surface area contributed by atoms with Crippen molar-refractivity contribution in [1.82, 2.24) is 14.5 Å². The molecule has 57 heavy (non-hydrogen) atoms. The van der Waals surface area contributed by atoms with Crippen molar-refractivity contribution in [2.24, 2.45) is 17.3 Å². The quantitative estimate of drug-likeness (QED) is 0.181. The van der Waals surface area contributed by atoms with E-state index in [4.69, 9.17) is 25.8 Å². The Labute approximate surface area is 339 Å². The summed E-state index contributed by atoms with van der Waals surface area (Å²) in [5.74, 6) is 1.58. The van der Waals surface area contributed by atoms with Crippen LogP contribution in [0.2, 0.25) is 5.02 Å². The van der Waals surface area contributed by atoms with Gasteiger partial charge in [0.05, 0.1) is 11.0 Å². The first-order valence-corrected chi connectivity index (χ1v) is 22.1. The minimum atomic E-state index is -4.09. The fraction of sp³-hybridized carbons (Fsp3) is 0.467. The number of hydrogen-bond acceptors (Lipinski definition) is 7. The number of nitrogens with zero attached hydrogens (tertiary/aromatic N) is 2. The van der Waals surface area contributed by atoms with E-state index < -0.39 is 27.8 Å². The number of benzene rings is 4. The molecule has 1 N–H and O–H groups in total. The van der Waals surface area contributed by atoms with Gasteiger partial charge in [0.15, 0.2) is 0 Å². The first kappa shape index (κ1) is 38.2. The molecule has 1 spiro atoms. The van der Waals surface area contributed by atoms with Crippen LogP contribution in [0, 0.1) is 17.3 Å². The van der Waals surface area contributed by atoms with E-state index in [0.717, 1.165) is 46.9 Å². The minimum absolute atomic E-state index is 0.00291. The van der Waals surface area contributed by atoms with E-state index in [2.05, 4.69) is 5.32 Å². The molecule has 4 aromatic rings. The molecule has 2 heterocycles. The second kappa shape index (κ2) is 14.5. The Bertz CT molecular complexity index is 2290. The Kier molecular flexibility index (Phi) is 9.72. The second-order valence-corrected chi connectivity index (χ2v) is 19.9. The average molecular weight is 812 g/mol. The van der Waals surface area contributed by atoms with Crippen molar-refractivity contribution in [2.75, 3.05) is 19.6 Å². The Balaban J connectivity index is 0.948. The summed E-state index contributed by atoms with van der Waals surface area (Å²) in [5.41, 5.74) is 1.43. The number of nitrogens with one attached hydrogen (secondary N) is 1. The van der Waals surface area contributed by atoms with Gasteiger partial charge in [-0.25, -0.2) is 13.2 Å². The number of halogens is 1. The van der Waals surface area contributed by atoms with Crippen LogP contribution in [0.1, 0.15) is 65.7 Å². The summed E-state index contributed by atoms with van der Waals surface area (Å²) < 4.78 is 48.9. The first-order chi connectivity index (χ1) is 27.3. The molecule has 4 aromatic carbocycles. The molecule has 10 nitrogen and oxygen atoms in total. The molecular formula is C45H50ClN3O7S. The van der Waals surface area contributed by atoms with Crippen LogP contribution in [0.4, 0.5) is 4.79 Å². The molecule has 300 valence electrons. The number of rotatable bonds is 9. The number of ether oxygens (including phenoxy) is 3. The highest BCUT2D eigenvalue weighted by Crippen LogP contribution is 2.76. The van der Waals surface area contributed by atoms with Gasteiger partial charge >= 0.3 is 6.09 Å². The van der Waals surface area contributed by atoms with Crippen molar-refractivity contribution in [1.29, 1.82) is 0 Å². The largest absolute Gasteiger partial charge is 0.490 e. The molecule has 5 fully saturated rings. The topological polar surface area (TPSA) is 114 Å². The molecule has 3 aliphatic carbocycles. The summed E-state index contributed by atoms with van der Waals surface area (Å²) in [4.78, 5) is 29.4. The molecule has 2 aliphatic heterocycles. The van der Waals surface area contributed by atoms with E-state index in [0.29, 0.717) is 30.3 Å². The normalized spacial score (nSPS) is 27.3. The third-order valence-electron chi connectivity index (χ3n) is 12.7. The number of sulfonamides is 1. The number of alkyl carbamates (subject to hydrolysis) is 1. The standard InChI is InChI=1S/C45H50ClN3O7S/c1-44(2,3)56-43(51)47-41-39-27-48(26-32-25-45(32,39)41)42(50)40-24-37(55-35-16-10-29(11-17-35)28-8-14-33(46)15-9-28)20-21-49(40)57(52,53)38-19-13-30-22-36(18-12-31(30)23-38)54-34-6-4-5-7-34/h8-19,22-23,32,34,37,39-41H,4-7,20-21,24-27H2,1-3H3,(H,47,51)/t32?,37-,39?,40-,41?,45?/m0/s1. The summed E-state index contributed by atoms with van der Waals surface area (Å²) in [7, 11) is -4.09. The van der Waals surface area contributed by atoms with Gasteiger partial charge in [0.1, 0.15) is 29.2 Å². The number of carbonyl (C=O) groups is 2. The van der Waals surface area contributed by atoms with Crippen molar-refractivity contribution in [3.63, 3.8) is 0 Å². The Hall–Kier alpha value is -4.32. The van der Waals surface area contributed by atoms with Crippen LogP contribution in [0.5, 0.6) is 11.5 Å². The van der Waals surface area contributed by atoms with Gasteiger partial charge in [0, 0.05) is 48.5 Å². The van der Waals surface area contributed by atoms with Crippen LogP contribution in [0.3, 0.4) is 0 Å². The molecule has 0 radical (unpaired) electrons. The fourth-order valence-corrected chi connectivity index (χ4v) is 11.5. The molecule has 0 aromatic heterocycles. The zero-order chi connectivity index (χ0) is 39.7. The highest BCUT2D eigenvalue weighted by atomic mass is 35.5. The van der Waals surface area contributed by atoms with Gasteiger partial charge in [-0.1, -0.05) is 48.0 Å². The third-order valence-corrected chi connectivity index (χ3v) is 14.9. The molecule has 2 saturated heterocycles. The maximum atomic E-state index is 14.7. The highest BCUT2D eigenvalue weighted by Gasteiger charge is 2.80. The summed E-state index contributed by atoms with van der Waals surface area (Å²) in [6.45, 7) is 6.63. The van der Waals surface area contributed by atoms with E-state index >= 15 is 0 Å². The van der Waals surface area contributed by atoms with Gasteiger partial charge in [-0.3, -0.25) is 4.79 Å². The summed E-state index contributed by atoms with van der Waals surface area (Å²) >= 11 is 6.09. The summed E-state index contributed by atoms with van der Waals surface area (Å²) in [6.07, 6.45) is 5.42. The number of carbonyl (C=O) groups excluding carboxylic acids is 2. The monoisotopic (exact) mass is 811 g/mol. The number of piperidine rings is 2.